The summed E-state index contributed by atoms with van der Waals surface area (Å²) in [7, 11) is 0. The van der Waals surface area contributed by atoms with Gasteiger partial charge in [0.1, 0.15) is 0 Å². The normalized spacial score (nSPS) is 11.7. The quantitative estimate of drug-likeness (QED) is 0.142. The SMILES string of the molecule is c1ccc2cc(-c3cc(-c4ccc(-c5ccc6ccccc6n5)cc4)c4cc(-c5ccc6ccccc6c5)c5ccccc5c4n3)ccc2c1.c1ccc2cc(-c3cc(-c4ccc(-c5nc6ccccc6c6ccccc56)cc4)c4cc(-c5ccc6ccccc6c5)c5ccccc5c4n3)ccc2c1. The molecule has 0 aliphatic carbocycles. The van der Waals surface area contributed by atoms with Gasteiger partial charge in [-0.05, 0) is 170 Å². The maximum atomic E-state index is 5.47. The maximum absolute atomic E-state index is 5.47. The highest BCUT2D eigenvalue weighted by Gasteiger charge is 2.21. The third-order valence-corrected chi connectivity index (χ3v) is 21.0. The summed E-state index contributed by atoms with van der Waals surface area (Å²) < 4.78 is 0. The monoisotopic (exact) mass is 1320 g/mol. The minimum atomic E-state index is 0.957. The Balaban J connectivity index is 0.000000139. The van der Waals surface area contributed by atoms with Gasteiger partial charge in [0.05, 0.1) is 44.8 Å². The average Bonchev–Trinajstić information content (AvgIpc) is 0.733. The molecule has 0 bridgehead atoms. The van der Waals surface area contributed by atoms with E-state index in [2.05, 4.69) is 370 Å². The second-order valence-corrected chi connectivity index (χ2v) is 27.2. The molecule has 104 heavy (non-hydrogen) atoms. The van der Waals surface area contributed by atoms with Crippen LogP contribution in [0.4, 0.5) is 0 Å². The maximum Gasteiger partial charge on any atom is 0.0794 e. The first kappa shape index (κ1) is 60.2. The van der Waals surface area contributed by atoms with Crippen LogP contribution in [0.15, 0.2) is 376 Å². The van der Waals surface area contributed by atoms with Gasteiger partial charge in [0.2, 0.25) is 0 Å². The van der Waals surface area contributed by atoms with Gasteiger partial charge in [-0.15, -0.1) is 0 Å². The van der Waals surface area contributed by atoms with Gasteiger partial charge in [0.25, 0.3) is 0 Å². The Bertz CT molecular complexity index is 7040. The Morgan fingerprint density at radius 3 is 0.952 bits per heavy atom. The van der Waals surface area contributed by atoms with E-state index in [4.69, 9.17) is 19.9 Å². The number of fused-ring (bicyclic) bond motifs is 14. The Labute approximate surface area is 600 Å². The van der Waals surface area contributed by atoms with Crippen LogP contribution in [-0.2, 0) is 0 Å². The zero-order chi connectivity index (χ0) is 68.6. The van der Waals surface area contributed by atoms with Crippen molar-refractivity contribution >= 4 is 119 Å². The van der Waals surface area contributed by atoms with Gasteiger partial charge in [-0.25, -0.2) is 19.9 Å². The molecule has 21 rings (SSSR count). The second kappa shape index (κ2) is 25.1. The van der Waals surface area contributed by atoms with Crippen LogP contribution in [0, 0.1) is 0 Å². The first-order valence-electron chi connectivity index (χ1n) is 35.5. The van der Waals surface area contributed by atoms with E-state index in [1.165, 1.54) is 86.9 Å². The van der Waals surface area contributed by atoms with E-state index in [0.717, 1.165) is 122 Å². The topological polar surface area (TPSA) is 51.6 Å². The van der Waals surface area contributed by atoms with E-state index in [1.807, 2.05) is 6.07 Å². The Morgan fingerprint density at radius 2 is 0.471 bits per heavy atom. The molecule has 0 aliphatic rings. The van der Waals surface area contributed by atoms with E-state index < -0.39 is 0 Å². The highest BCUT2D eigenvalue weighted by molar-refractivity contribution is 6.19. The third-order valence-electron chi connectivity index (χ3n) is 21.0. The first-order chi connectivity index (χ1) is 51.5. The standard InChI is InChI=1S/C52H32N2.C48H30N2/c1-3-13-37-29-39(27-21-33(37)11-1)46-31-48-47(35-23-25-36(26-24-35)51-44-18-7-5-15-41(44)43-17-9-10-20-49(43)53-51)32-50(54-52(48)45-19-8-6-16-42(45)46)40-28-22-34-12-2-4-14-38(34)30-40;1-3-12-36-27-38(23-17-31(36)9-1)42-29-44-43(33-19-21-35(22-20-33)46-26-25-34-11-5-8-16-45(34)49-46)30-47(50-48(44)41-15-7-6-14-40(41)42)39-24-18-32-10-2-4-13-37(32)28-39/h1-32H;1-30H. The lowest BCUT2D eigenvalue weighted by Crippen LogP contribution is -1.94. The van der Waals surface area contributed by atoms with Gasteiger partial charge >= 0.3 is 0 Å². The molecule has 482 valence electrons. The molecule has 4 heterocycles. The van der Waals surface area contributed by atoms with E-state index >= 15 is 0 Å². The summed E-state index contributed by atoms with van der Waals surface area (Å²) >= 11 is 0. The minimum Gasteiger partial charge on any atom is -0.248 e. The van der Waals surface area contributed by atoms with Crippen LogP contribution < -0.4 is 0 Å². The van der Waals surface area contributed by atoms with Crippen LogP contribution in [0.3, 0.4) is 0 Å². The van der Waals surface area contributed by atoms with Crippen LogP contribution in [0.2, 0.25) is 0 Å². The van der Waals surface area contributed by atoms with Gasteiger partial charge in [-0.3, -0.25) is 0 Å². The smallest absolute Gasteiger partial charge is 0.0794 e. The Hall–Kier alpha value is -13.8. The lowest BCUT2D eigenvalue weighted by Gasteiger charge is -2.17. The number of benzene rings is 17. The van der Waals surface area contributed by atoms with Crippen LogP contribution in [0.5, 0.6) is 0 Å². The lowest BCUT2D eigenvalue weighted by molar-refractivity contribution is 1.39. The van der Waals surface area contributed by atoms with E-state index in [9.17, 15) is 0 Å². The van der Waals surface area contributed by atoms with Gasteiger partial charge in [-0.2, -0.15) is 0 Å². The number of rotatable bonds is 8. The molecule has 0 N–H and O–H groups in total. The molecule has 0 amide bonds. The van der Waals surface area contributed by atoms with Crippen molar-refractivity contribution in [3.8, 4) is 89.5 Å². The molecule has 0 atom stereocenters. The molecule has 4 heteroatoms. The predicted molar refractivity (Wildman–Crippen MR) is 440 cm³/mol. The molecule has 17 aromatic carbocycles. The number of hydrogen-bond donors (Lipinski definition) is 0. The second-order valence-electron chi connectivity index (χ2n) is 27.2. The molecule has 4 aromatic heterocycles. The highest BCUT2D eigenvalue weighted by atomic mass is 14.7. The summed E-state index contributed by atoms with van der Waals surface area (Å²) in [6, 6.07) is 135. The number of aromatic nitrogens is 4. The average molecular weight is 1320 g/mol. The Kier molecular flexibility index (Phi) is 14.5. The third kappa shape index (κ3) is 10.7. The fraction of sp³-hybridized carbons (Fsp3) is 0. The zero-order valence-corrected chi connectivity index (χ0v) is 56.6. The summed E-state index contributed by atoms with van der Waals surface area (Å²) in [6.07, 6.45) is 0. The van der Waals surface area contributed by atoms with Crippen molar-refractivity contribution < 1.29 is 0 Å². The molecular weight excluding hydrogens is 1260 g/mol. The molecule has 21 aromatic rings. The summed E-state index contributed by atoms with van der Waals surface area (Å²) in [5.74, 6) is 0. The lowest BCUT2D eigenvalue weighted by atomic mass is 9.90. The van der Waals surface area contributed by atoms with Crippen LogP contribution >= 0.6 is 0 Å². The number of pyridine rings is 4. The molecule has 0 unspecified atom stereocenters. The summed E-state index contributed by atoms with van der Waals surface area (Å²) in [6.45, 7) is 0. The van der Waals surface area contributed by atoms with Crippen LogP contribution in [-0.4, -0.2) is 19.9 Å². The molecule has 0 spiro atoms. The molecule has 0 saturated heterocycles. The van der Waals surface area contributed by atoms with E-state index in [-0.39, 0.29) is 0 Å². The molecule has 0 fully saturated rings. The van der Waals surface area contributed by atoms with E-state index in [0.29, 0.717) is 0 Å². The van der Waals surface area contributed by atoms with Gasteiger partial charge < -0.3 is 0 Å². The fourth-order valence-corrected chi connectivity index (χ4v) is 15.7. The van der Waals surface area contributed by atoms with Gasteiger partial charge in [-0.1, -0.05) is 309 Å². The molecule has 0 saturated carbocycles. The molecule has 0 radical (unpaired) electrons. The zero-order valence-electron chi connectivity index (χ0n) is 56.6. The van der Waals surface area contributed by atoms with Crippen LogP contribution in [0.1, 0.15) is 0 Å². The summed E-state index contributed by atoms with van der Waals surface area (Å²) in [5, 5.41) is 21.4. The number of nitrogens with zero attached hydrogens (tertiary/aromatic N) is 4. The number of hydrogen-bond acceptors (Lipinski definition) is 4. The first-order valence-corrected chi connectivity index (χ1v) is 35.5. The molecule has 0 aliphatic heterocycles. The van der Waals surface area contributed by atoms with Crippen molar-refractivity contribution in [3.05, 3.63) is 376 Å². The van der Waals surface area contributed by atoms with Crippen LogP contribution in [0.25, 0.3) is 209 Å². The van der Waals surface area contributed by atoms with Crippen molar-refractivity contribution in [2.75, 3.05) is 0 Å². The van der Waals surface area contributed by atoms with Crippen molar-refractivity contribution in [1.82, 2.24) is 19.9 Å². The molecular formula is C100H62N4. The predicted octanol–water partition coefficient (Wildman–Crippen LogP) is 27.0. The van der Waals surface area contributed by atoms with Crippen molar-refractivity contribution in [2.24, 2.45) is 0 Å². The summed E-state index contributed by atoms with van der Waals surface area (Å²) in [4.78, 5) is 21.1. The van der Waals surface area contributed by atoms with Gasteiger partial charge in [0, 0.05) is 60.0 Å². The summed E-state index contributed by atoms with van der Waals surface area (Å²) in [5.41, 5.74) is 21.7. The van der Waals surface area contributed by atoms with Crippen molar-refractivity contribution in [3.63, 3.8) is 0 Å². The minimum absolute atomic E-state index is 0.957. The van der Waals surface area contributed by atoms with Crippen molar-refractivity contribution in [2.45, 2.75) is 0 Å². The molecule has 4 nitrogen and oxygen atoms in total. The van der Waals surface area contributed by atoms with Crippen molar-refractivity contribution in [1.29, 1.82) is 0 Å². The fourth-order valence-electron chi connectivity index (χ4n) is 15.7. The van der Waals surface area contributed by atoms with E-state index in [1.54, 1.807) is 0 Å². The van der Waals surface area contributed by atoms with Gasteiger partial charge in [0.15, 0.2) is 0 Å². The Morgan fingerprint density at radius 1 is 0.144 bits per heavy atom. The highest BCUT2D eigenvalue weighted by Crippen LogP contribution is 2.45. The number of para-hydroxylation sites is 2. The largest absolute Gasteiger partial charge is 0.248 e.